The highest BCUT2D eigenvalue weighted by Gasteiger charge is 2.31. The maximum Gasteiger partial charge on any atom is 0.287 e. The molecule has 0 N–H and O–H groups in total. The van der Waals surface area contributed by atoms with Crippen LogP contribution in [-0.4, -0.2) is 46.7 Å². The number of nitro groups is 1. The highest BCUT2D eigenvalue weighted by Crippen LogP contribution is 2.28. The third-order valence-electron chi connectivity index (χ3n) is 4.76. The molecule has 140 valence electrons. The van der Waals surface area contributed by atoms with Crippen molar-refractivity contribution in [1.29, 1.82) is 0 Å². The van der Waals surface area contributed by atoms with E-state index >= 15 is 0 Å². The van der Waals surface area contributed by atoms with Crippen LogP contribution in [0.15, 0.2) is 18.3 Å². The molecule has 1 saturated heterocycles. The summed E-state index contributed by atoms with van der Waals surface area (Å²) in [7, 11) is -1.13. The van der Waals surface area contributed by atoms with E-state index in [4.69, 9.17) is 0 Å². The third-order valence-corrected chi connectivity index (χ3v) is 6.51. The van der Waals surface area contributed by atoms with Gasteiger partial charge in [0.2, 0.25) is 0 Å². The average molecular weight is 379 g/mol. The van der Waals surface area contributed by atoms with Crippen LogP contribution < -0.4 is 4.90 Å². The minimum Gasteiger partial charge on any atom is -0.355 e. The van der Waals surface area contributed by atoms with E-state index in [1.807, 2.05) is 30.5 Å². The molecule has 2 aromatic heterocycles. The summed E-state index contributed by atoms with van der Waals surface area (Å²) in [4.78, 5) is 16.3. The molecule has 0 radical (unpaired) electrons. The zero-order valence-electron chi connectivity index (χ0n) is 14.9. The Balaban J connectivity index is 1.80. The minimum atomic E-state index is -2.98. The van der Waals surface area contributed by atoms with Gasteiger partial charge in [-0.25, -0.2) is 13.4 Å². The van der Waals surface area contributed by atoms with E-state index in [2.05, 4.69) is 10.1 Å². The summed E-state index contributed by atoms with van der Waals surface area (Å²) in [6.45, 7) is 4.37. The van der Waals surface area contributed by atoms with Crippen LogP contribution in [0.3, 0.4) is 0 Å². The lowest BCUT2D eigenvalue weighted by Crippen LogP contribution is -2.19. The monoisotopic (exact) mass is 379 g/mol. The largest absolute Gasteiger partial charge is 0.355 e. The summed E-state index contributed by atoms with van der Waals surface area (Å²) in [5.41, 5.74) is 2.75. The van der Waals surface area contributed by atoms with Crippen molar-refractivity contribution in [1.82, 2.24) is 14.8 Å². The molecule has 2 aromatic rings. The molecule has 1 atom stereocenters. The van der Waals surface area contributed by atoms with Crippen molar-refractivity contribution in [3.63, 3.8) is 0 Å². The molecule has 0 aliphatic carbocycles. The topological polar surface area (TPSA) is 111 Å². The predicted octanol–water partition coefficient (Wildman–Crippen LogP) is 1.80. The maximum absolute atomic E-state index is 11.7. The Morgan fingerprint density at radius 2 is 2.12 bits per heavy atom. The van der Waals surface area contributed by atoms with Gasteiger partial charge in [0.1, 0.15) is 12.0 Å². The molecule has 3 rings (SSSR count). The lowest BCUT2D eigenvalue weighted by atomic mass is 10.1. The Labute approximate surface area is 151 Å². The van der Waals surface area contributed by atoms with Crippen LogP contribution in [-0.2, 0) is 16.4 Å². The Hall–Kier alpha value is -2.49. The first kappa shape index (κ1) is 18.3. The van der Waals surface area contributed by atoms with Gasteiger partial charge in [0.05, 0.1) is 28.2 Å². The van der Waals surface area contributed by atoms with E-state index < -0.39 is 14.8 Å². The Bertz CT molecular complexity index is 936. The Morgan fingerprint density at radius 3 is 2.65 bits per heavy atom. The summed E-state index contributed by atoms with van der Waals surface area (Å²) < 4.78 is 25.3. The van der Waals surface area contributed by atoms with E-state index in [-0.39, 0.29) is 23.2 Å². The SMILES string of the molecule is Cc1nn(C2CCS(=O)(=O)C2)c(C)c1CN(C)c1ccc([N+](=O)[O-])cn1. The van der Waals surface area contributed by atoms with Gasteiger partial charge in [-0.05, 0) is 26.3 Å². The van der Waals surface area contributed by atoms with Crippen LogP contribution in [0.25, 0.3) is 0 Å². The number of anilines is 1. The van der Waals surface area contributed by atoms with E-state index in [0.29, 0.717) is 18.8 Å². The number of hydrogen-bond donors (Lipinski definition) is 0. The maximum atomic E-state index is 11.7. The van der Waals surface area contributed by atoms with Crippen LogP contribution >= 0.6 is 0 Å². The quantitative estimate of drug-likeness (QED) is 0.575. The van der Waals surface area contributed by atoms with E-state index in [1.54, 1.807) is 6.07 Å². The number of aryl methyl sites for hydroxylation is 1. The number of aromatic nitrogens is 3. The second kappa shape index (κ2) is 6.67. The van der Waals surface area contributed by atoms with E-state index in [1.165, 1.54) is 12.3 Å². The predicted molar refractivity (Wildman–Crippen MR) is 97.0 cm³/mol. The highest BCUT2D eigenvalue weighted by atomic mass is 32.2. The van der Waals surface area contributed by atoms with Gasteiger partial charge >= 0.3 is 0 Å². The van der Waals surface area contributed by atoms with Crippen LogP contribution in [0.2, 0.25) is 0 Å². The number of pyridine rings is 1. The average Bonchev–Trinajstić information content (AvgIpc) is 3.08. The standard InChI is InChI=1S/C16H21N5O4S/c1-11-15(9-19(3)16-5-4-13(8-17-16)21(22)23)12(2)20(18-11)14-6-7-26(24,25)10-14/h4-5,8,14H,6-7,9-10H2,1-3H3. The molecule has 9 nitrogen and oxygen atoms in total. The zero-order chi connectivity index (χ0) is 19.1. The van der Waals surface area contributed by atoms with Crippen LogP contribution in [0.4, 0.5) is 11.5 Å². The highest BCUT2D eigenvalue weighted by molar-refractivity contribution is 7.91. The number of hydrogen-bond acceptors (Lipinski definition) is 7. The molecule has 0 saturated carbocycles. The fourth-order valence-corrected chi connectivity index (χ4v) is 4.97. The summed E-state index contributed by atoms with van der Waals surface area (Å²) in [6, 6.07) is 2.91. The smallest absolute Gasteiger partial charge is 0.287 e. The molecule has 1 unspecified atom stereocenters. The van der Waals surface area contributed by atoms with Crippen molar-refractivity contribution >= 4 is 21.3 Å². The zero-order valence-corrected chi connectivity index (χ0v) is 15.7. The van der Waals surface area contributed by atoms with Crippen molar-refractivity contribution < 1.29 is 13.3 Å². The van der Waals surface area contributed by atoms with Crippen LogP contribution in [0.1, 0.15) is 29.4 Å². The molecular weight excluding hydrogens is 358 g/mol. The summed E-state index contributed by atoms with van der Waals surface area (Å²) in [6.07, 6.45) is 1.82. The van der Waals surface area contributed by atoms with Gasteiger partial charge in [-0.2, -0.15) is 5.10 Å². The molecule has 1 aliphatic rings. The first-order chi connectivity index (χ1) is 12.2. The lowest BCUT2D eigenvalue weighted by molar-refractivity contribution is -0.385. The third kappa shape index (κ3) is 3.55. The second-order valence-corrected chi connectivity index (χ2v) is 8.87. The lowest BCUT2D eigenvalue weighted by Gasteiger charge is -2.18. The van der Waals surface area contributed by atoms with Gasteiger partial charge in [0, 0.05) is 30.9 Å². The molecule has 0 bridgehead atoms. The summed E-state index contributed by atoms with van der Waals surface area (Å²) in [5.74, 6) is 0.956. The van der Waals surface area contributed by atoms with Crippen molar-refractivity contribution in [2.45, 2.75) is 32.9 Å². The Kier molecular flexibility index (Phi) is 4.70. The van der Waals surface area contributed by atoms with Gasteiger partial charge in [-0.3, -0.25) is 14.8 Å². The van der Waals surface area contributed by atoms with Crippen LogP contribution in [0.5, 0.6) is 0 Å². The molecule has 1 aliphatic heterocycles. The number of sulfone groups is 1. The molecule has 0 amide bonds. The molecule has 26 heavy (non-hydrogen) atoms. The molecule has 0 aromatic carbocycles. The van der Waals surface area contributed by atoms with E-state index in [9.17, 15) is 18.5 Å². The van der Waals surface area contributed by atoms with Crippen molar-refractivity contribution in [2.75, 3.05) is 23.5 Å². The first-order valence-electron chi connectivity index (χ1n) is 8.24. The van der Waals surface area contributed by atoms with Gasteiger partial charge in [-0.1, -0.05) is 0 Å². The molecule has 3 heterocycles. The van der Waals surface area contributed by atoms with E-state index in [0.717, 1.165) is 17.0 Å². The van der Waals surface area contributed by atoms with Gasteiger partial charge in [0.15, 0.2) is 9.84 Å². The molecular formula is C16H21N5O4S. The first-order valence-corrected chi connectivity index (χ1v) is 10.1. The number of rotatable bonds is 5. The molecule has 10 heteroatoms. The van der Waals surface area contributed by atoms with Crippen LogP contribution in [0, 0.1) is 24.0 Å². The minimum absolute atomic E-state index is 0.0511. The fraction of sp³-hybridized carbons (Fsp3) is 0.500. The fourth-order valence-electron chi connectivity index (χ4n) is 3.28. The molecule has 1 fully saturated rings. The van der Waals surface area contributed by atoms with Gasteiger partial charge in [-0.15, -0.1) is 0 Å². The summed E-state index contributed by atoms with van der Waals surface area (Å²) in [5, 5.41) is 15.3. The van der Waals surface area contributed by atoms with Gasteiger partial charge < -0.3 is 4.90 Å². The van der Waals surface area contributed by atoms with Crippen molar-refractivity contribution in [3.05, 3.63) is 45.4 Å². The normalized spacial score (nSPS) is 18.8. The number of nitrogens with zero attached hydrogens (tertiary/aromatic N) is 5. The van der Waals surface area contributed by atoms with Crippen molar-refractivity contribution in [2.24, 2.45) is 0 Å². The second-order valence-electron chi connectivity index (χ2n) is 6.64. The molecule has 0 spiro atoms. The van der Waals surface area contributed by atoms with Crippen molar-refractivity contribution in [3.8, 4) is 0 Å². The summed E-state index contributed by atoms with van der Waals surface area (Å²) >= 11 is 0. The van der Waals surface area contributed by atoms with Gasteiger partial charge in [0.25, 0.3) is 5.69 Å². The Morgan fingerprint density at radius 1 is 1.38 bits per heavy atom.